The molecular formula is C12H21ClN2S. The second-order valence-corrected chi connectivity index (χ2v) is 6.41. The molecule has 0 bridgehead atoms. The first-order valence-corrected chi connectivity index (χ1v) is 6.81. The highest BCUT2D eigenvalue weighted by molar-refractivity contribution is 7.16. The summed E-state index contributed by atoms with van der Waals surface area (Å²) in [4.78, 5) is 3.57. The van der Waals surface area contributed by atoms with Gasteiger partial charge in [-0.25, -0.2) is 0 Å². The van der Waals surface area contributed by atoms with E-state index in [1.807, 2.05) is 6.07 Å². The Balaban J connectivity index is 2.33. The molecule has 1 unspecified atom stereocenters. The fourth-order valence-corrected chi connectivity index (χ4v) is 2.86. The monoisotopic (exact) mass is 260 g/mol. The van der Waals surface area contributed by atoms with Gasteiger partial charge in [-0.2, -0.15) is 0 Å². The molecule has 16 heavy (non-hydrogen) atoms. The zero-order valence-corrected chi connectivity index (χ0v) is 12.0. The lowest BCUT2D eigenvalue weighted by molar-refractivity contribution is 0.224. The molecule has 0 saturated heterocycles. The highest BCUT2D eigenvalue weighted by Crippen LogP contribution is 2.21. The molecule has 1 rings (SSSR count). The lowest BCUT2D eigenvalue weighted by Gasteiger charge is -2.28. The van der Waals surface area contributed by atoms with E-state index in [1.165, 1.54) is 4.88 Å². The van der Waals surface area contributed by atoms with Crippen LogP contribution in [0.5, 0.6) is 0 Å². The van der Waals surface area contributed by atoms with Crippen molar-refractivity contribution in [3.63, 3.8) is 0 Å². The van der Waals surface area contributed by atoms with E-state index in [9.17, 15) is 0 Å². The molecule has 1 aromatic heterocycles. The zero-order valence-electron chi connectivity index (χ0n) is 10.5. The molecular weight excluding hydrogens is 240 g/mol. The largest absolute Gasteiger partial charge is 0.310 e. The first kappa shape index (κ1) is 14.0. The standard InChI is InChI=1S/C12H21ClN2S/c1-9(2)11(15(3)4)8-14-7-10-5-6-12(13)16-10/h5-6,9,11,14H,7-8H2,1-4H3. The fourth-order valence-electron chi connectivity index (χ4n) is 1.80. The predicted octanol–water partition coefficient (Wildman–Crippen LogP) is 3.08. The van der Waals surface area contributed by atoms with Gasteiger partial charge in [0.2, 0.25) is 0 Å². The van der Waals surface area contributed by atoms with E-state index in [0.29, 0.717) is 12.0 Å². The molecule has 0 aliphatic carbocycles. The second-order valence-electron chi connectivity index (χ2n) is 4.61. The number of rotatable bonds is 6. The van der Waals surface area contributed by atoms with Crippen molar-refractivity contribution in [3.05, 3.63) is 21.3 Å². The van der Waals surface area contributed by atoms with E-state index >= 15 is 0 Å². The van der Waals surface area contributed by atoms with Crippen molar-refractivity contribution < 1.29 is 0 Å². The number of halogens is 1. The van der Waals surface area contributed by atoms with Gasteiger partial charge in [0.25, 0.3) is 0 Å². The topological polar surface area (TPSA) is 15.3 Å². The minimum atomic E-state index is 0.579. The van der Waals surface area contributed by atoms with Crippen molar-refractivity contribution in [2.75, 3.05) is 20.6 Å². The third-order valence-electron chi connectivity index (χ3n) is 2.71. The average molecular weight is 261 g/mol. The van der Waals surface area contributed by atoms with Crippen LogP contribution < -0.4 is 5.32 Å². The number of nitrogens with zero attached hydrogens (tertiary/aromatic N) is 1. The molecule has 0 aromatic carbocycles. The Labute approximate surface area is 108 Å². The van der Waals surface area contributed by atoms with Gasteiger partial charge in [-0.3, -0.25) is 0 Å². The normalized spacial score (nSPS) is 13.7. The SMILES string of the molecule is CC(C)C(CNCc1ccc(Cl)s1)N(C)C. The molecule has 1 atom stereocenters. The van der Waals surface area contributed by atoms with Gasteiger partial charge in [0, 0.05) is 24.0 Å². The second kappa shape index (κ2) is 6.60. The van der Waals surface area contributed by atoms with Crippen molar-refractivity contribution in [2.45, 2.75) is 26.4 Å². The van der Waals surface area contributed by atoms with Crippen LogP contribution in [-0.2, 0) is 6.54 Å². The summed E-state index contributed by atoms with van der Waals surface area (Å²) >= 11 is 7.53. The Bertz CT molecular complexity index is 302. The molecule has 0 aliphatic heterocycles. The van der Waals surface area contributed by atoms with Gasteiger partial charge >= 0.3 is 0 Å². The van der Waals surface area contributed by atoms with Gasteiger partial charge in [0.05, 0.1) is 4.34 Å². The van der Waals surface area contributed by atoms with Crippen molar-refractivity contribution in [3.8, 4) is 0 Å². The summed E-state index contributed by atoms with van der Waals surface area (Å²) in [6, 6.07) is 4.62. The average Bonchev–Trinajstić information content (AvgIpc) is 2.57. The predicted molar refractivity (Wildman–Crippen MR) is 73.3 cm³/mol. The van der Waals surface area contributed by atoms with Crippen LogP contribution in [0.1, 0.15) is 18.7 Å². The summed E-state index contributed by atoms with van der Waals surface area (Å²) in [6.07, 6.45) is 0. The molecule has 1 heterocycles. The van der Waals surface area contributed by atoms with E-state index in [4.69, 9.17) is 11.6 Å². The Kier molecular flexibility index (Phi) is 5.76. The molecule has 0 spiro atoms. The van der Waals surface area contributed by atoms with Crippen molar-refractivity contribution >= 4 is 22.9 Å². The minimum absolute atomic E-state index is 0.579. The van der Waals surface area contributed by atoms with E-state index in [2.05, 4.69) is 44.2 Å². The summed E-state index contributed by atoms with van der Waals surface area (Å²) < 4.78 is 0.866. The molecule has 0 aliphatic rings. The molecule has 2 nitrogen and oxygen atoms in total. The molecule has 0 fully saturated rings. The van der Waals surface area contributed by atoms with Crippen LogP contribution in [0.3, 0.4) is 0 Å². The molecule has 4 heteroatoms. The lowest BCUT2D eigenvalue weighted by atomic mass is 10.0. The van der Waals surface area contributed by atoms with Gasteiger partial charge < -0.3 is 10.2 Å². The third kappa shape index (κ3) is 4.42. The van der Waals surface area contributed by atoms with E-state index in [0.717, 1.165) is 17.4 Å². The maximum absolute atomic E-state index is 5.89. The molecule has 92 valence electrons. The van der Waals surface area contributed by atoms with E-state index in [1.54, 1.807) is 11.3 Å². The maximum Gasteiger partial charge on any atom is 0.0931 e. The van der Waals surface area contributed by atoms with Gasteiger partial charge in [0.15, 0.2) is 0 Å². The first-order chi connectivity index (χ1) is 7.50. The third-order valence-corrected chi connectivity index (χ3v) is 3.95. The maximum atomic E-state index is 5.89. The van der Waals surface area contributed by atoms with Crippen LogP contribution >= 0.6 is 22.9 Å². The van der Waals surface area contributed by atoms with Gasteiger partial charge in [-0.15, -0.1) is 11.3 Å². The summed E-state index contributed by atoms with van der Waals surface area (Å²) in [5.41, 5.74) is 0. The first-order valence-electron chi connectivity index (χ1n) is 5.62. The van der Waals surface area contributed by atoms with Crippen LogP contribution in [0.25, 0.3) is 0 Å². The van der Waals surface area contributed by atoms with Crippen LogP contribution in [0.2, 0.25) is 4.34 Å². The van der Waals surface area contributed by atoms with E-state index < -0.39 is 0 Å². The van der Waals surface area contributed by atoms with E-state index in [-0.39, 0.29) is 0 Å². The van der Waals surface area contributed by atoms with Crippen molar-refractivity contribution in [1.82, 2.24) is 10.2 Å². The lowest BCUT2D eigenvalue weighted by Crippen LogP contribution is -2.41. The number of thiophene rings is 1. The highest BCUT2D eigenvalue weighted by Gasteiger charge is 2.14. The van der Waals surface area contributed by atoms with Crippen molar-refractivity contribution in [2.24, 2.45) is 5.92 Å². The molecule has 1 aromatic rings. The quantitative estimate of drug-likeness (QED) is 0.846. The summed E-state index contributed by atoms with van der Waals surface area (Å²) in [5, 5.41) is 3.49. The number of likely N-dealkylation sites (N-methyl/N-ethyl adjacent to an activating group) is 1. The summed E-state index contributed by atoms with van der Waals surface area (Å²) in [5.74, 6) is 0.662. The number of hydrogen-bond acceptors (Lipinski definition) is 3. The Morgan fingerprint density at radius 1 is 1.38 bits per heavy atom. The zero-order chi connectivity index (χ0) is 12.1. The van der Waals surface area contributed by atoms with Crippen molar-refractivity contribution in [1.29, 1.82) is 0 Å². The van der Waals surface area contributed by atoms with Crippen LogP contribution in [0, 0.1) is 5.92 Å². The summed E-state index contributed by atoms with van der Waals surface area (Å²) in [7, 11) is 4.27. The molecule has 0 saturated carbocycles. The van der Waals surface area contributed by atoms with Crippen LogP contribution in [0.15, 0.2) is 12.1 Å². The number of hydrogen-bond donors (Lipinski definition) is 1. The Morgan fingerprint density at radius 3 is 2.50 bits per heavy atom. The molecule has 0 amide bonds. The number of nitrogens with one attached hydrogen (secondary N) is 1. The smallest absolute Gasteiger partial charge is 0.0931 e. The van der Waals surface area contributed by atoms with Gasteiger partial charge in [0.1, 0.15) is 0 Å². The highest BCUT2D eigenvalue weighted by atomic mass is 35.5. The molecule has 0 radical (unpaired) electrons. The fraction of sp³-hybridized carbons (Fsp3) is 0.667. The Hall–Kier alpha value is -0.0900. The molecule has 1 N–H and O–H groups in total. The van der Waals surface area contributed by atoms with Crippen LogP contribution in [-0.4, -0.2) is 31.6 Å². The van der Waals surface area contributed by atoms with Gasteiger partial charge in [-0.05, 0) is 32.1 Å². The minimum Gasteiger partial charge on any atom is -0.310 e. The summed E-state index contributed by atoms with van der Waals surface area (Å²) in [6.45, 7) is 6.44. The Morgan fingerprint density at radius 2 is 2.06 bits per heavy atom. The van der Waals surface area contributed by atoms with Gasteiger partial charge in [-0.1, -0.05) is 25.4 Å². The van der Waals surface area contributed by atoms with Crippen LogP contribution in [0.4, 0.5) is 0 Å².